The molecule has 1 aromatic heterocycles. The van der Waals surface area contributed by atoms with Crippen molar-refractivity contribution in [2.45, 2.75) is 0 Å². The Morgan fingerprint density at radius 1 is 0.769 bits per heavy atom. The van der Waals surface area contributed by atoms with E-state index in [4.69, 9.17) is 5.11 Å². The lowest BCUT2D eigenvalue weighted by Gasteiger charge is -2.11. The number of nitrogens with zero attached hydrogens (tertiary/aromatic N) is 2. The van der Waals surface area contributed by atoms with Gasteiger partial charge in [-0.3, -0.25) is 0 Å². The number of rotatable bonds is 4. The molecule has 2 N–H and O–H groups in total. The predicted molar refractivity (Wildman–Crippen MR) is 102 cm³/mol. The molecule has 5 heteroatoms. The molecule has 0 unspecified atom stereocenters. The van der Waals surface area contributed by atoms with E-state index < -0.39 is 5.97 Å². The highest BCUT2D eigenvalue weighted by Gasteiger charge is 2.11. The molecule has 0 fully saturated rings. The van der Waals surface area contributed by atoms with E-state index in [1.165, 1.54) is 0 Å². The Balaban J connectivity index is 1.76. The Bertz CT molecular complexity index is 1080. The van der Waals surface area contributed by atoms with Crippen molar-refractivity contribution in [3.05, 3.63) is 84.4 Å². The van der Waals surface area contributed by atoms with Crippen molar-refractivity contribution in [3.8, 4) is 11.3 Å². The van der Waals surface area contributed by atoms with E-state index in [0.29, 0.717) is 5.82 Å². The van der Waals surface area contributed by atoms with Crippen molar-refractivity contribution in [3.63, 3.8) is 0 Å². The third-order valence-corrected chi connectivity index (χ3v) is 4.13. The highest BCUT2D eigenvalue weighted by molar-refractivity contribution is 6.00. The predicted octanol–water partition coefficient (Wildman–Crippen LogP) is 4.74. The zero-order chi connectivity index (χ0) is 17.9. The van der Waals surface area contributed by atoms with Crippen LogP contribution in [0.25, 0.3) is 22.0 Å². The van der Waals surface area contributed by atoms with Crippen molar-refractivity contribution < 1.29 is 9.90 Å². The summed E-state index contributed by atoms with van der Waals surface area (Å²) in [6, 6.07) is 24.4. The quantitative estimate of drug-likeness (QED) is 0.561. The Morgan fingerprint density at radius 2 is 1.42 bits per heavy atom. The Morgan fingerprint density at radius 3 is 2.12 bits per heavy atom. The van der Waals surface area contributed by atoms with Crippen molar-refractivity contribution in [2.24, 2.45) is 0 Å². The van der Waals surface area contributed by atoms with Gasteiger partial charge in [0.2, 0.25) is 0 Å². The van der Waals surface area contributed by atoms with Crippen LogP contribution in [0, 0.1) is 0 Å². The van der Waals surface area contributed by atoms with Gasteiger partial charge >= 0.3 is 5.97 Å². The van der Waals surface area contributed by atoms with Crippen LogP contribution in [0.15, 0.2) is 78.9 Å². The normalized spacial score (nSPS) is 10.6. The first-order valence-corrected chi connectivity index (χ1v) is 8.13. The molecule has 4 rings (SSSR count). The molecule has 0 aliphatic carbocycles. The van der Waals surface area contributed by atoms with Gasteiger partial charge in [-0.15, -0.1) is 10.2 Å². The van der Waals surface area contributed by atoms with Gasteiger partial charge in [0.05, 0.1) is 5.56 Å². The maximum Gasteiger partial charge on any atom is 0.335 e. The number of hydrogen-bond acceptors (Lipinski definition) is 4. The van der Waals surface area contributed by atoms with Crippen LogP contribution in [-0.4, -0.2) is 21.3 Å². The fourth-order valence-corrected chi connectivity index (χ4v) is 2.84. The summed E-state index contributed by atoms with van der Waals surface area (Å²) in [5, 5.41) is 22.9. The molecular weight excluding hydrogens is 326 g/mol. The van der Waals surface area contributed by atoms with Crippen LogP contribution in [0.3, 0.4) is 0 Å². The van der Waals surface area contributed by atoms with Gasteiger partial charge < -0.3 is 10.4 Å². The van der Waals surface area contributed by atoms with Gasteiger partial charge in [-0.1, -0.05) is 54.6 Å². The highest BCUT2D eigenvalue weighted by Crippen LogP contribution is 2.30. The molecule has 4 aromatic rings. The summed E-state index contributed by atoms with van der Waals surface area (Å²) in [7, 11) is 0. The van der Waals surface area contributed by atoms with Crippen LogP contribution in [0.2, 0.25) is 0 Å². The lowest BCUT2D eigenvalue weighted by molar-refractivity contribution is 0.0697. The van der Waals surface area contributed by atoms with Gasteiger partial charge in [-0.2, -0.15) is 0 Å². The number of carbonyl (C=O) groups is 1. The minimum Gasteiger partial charge on any atom is -0.478 e. The number of nitrogens with one attached hydrogen (secondary N) is 1. The van der Waals surface area contributed by atoms with Gasteiger partial charge in [0.1, 0.15) is 5.69 Å². The lowest BCUT2D eigenvalue weighted by atomic mass is 10.0. The Hall–Kier alpha value is -3.73. The number of carboxylic acid groups (broad SMARTS) is 1. The van der Waals surface area contributed by atoms with Crippen molar-refractivity contribution in [2.75, 3.05) is 5.32 Å². The number of hydrogen-bond donors (Lipinski definition) is 2. The Kier molecular flexibility index (Phi) is 4.03. The second kappa shape index (κ2) is 6.64. The molecular formula is C21H15N3O2. The zero-order valence-corrected chi connectivity index (χ0v) is 13.8. The van der Waals surface area contributed by atoms with Gasteiger partial charge in [-0.05, 0) is 24.3 Å². The zero-order valence-electron chi connectivity index (χ0n) is 13.8. The molecule has 0 amide bonds. The van der Waals surface area contributed by atoms with E-state index in [1.807, 2.05) is 54.6 Å². The van der Waals surface area contributed by atoms with E-state index in [1.54, 1.807) is 24.3 Å². The fourth-order valence-electron chi connectivity index (χ4n) is 2.84. The Labute approximate surface area is 150 Å². The summed E-state index contributed by atoms with van der Waals surface area (Å²) in [6.07, 6.45) is 0. The summed E-state index contributed by atoms with van der Waals surface area (Å²) in [4.78, 5) is 11.0. The van der Waals surface area contributed by atoms with Gasteiger partial charge in [-0.25, -0.2) is 4.79 Å². The second-order valence-corrected chi connectivity index (χ2v) is 5.82. The molecule has 3 aromatic carbocycles. The third-order valence-electron chi connectivity index (χ3n) is 4.13. The van der Waals surface area contributed by atoms with E-state index >= 15 is 0 Å². The fraction of sp³-hybridized carbons (Fsp3) is 0. The number of aromatic nitrogens is 2. The standard InChI is InChI=1S/C21H15N3O2/c25-21(26)15-10-12-16(13-11-15)22-20-18-9-5-4-8-17(18)19(23-24-20)14-6-2-1-3-7-14/h1-13H,(H,22,24)(H,25,26). The van der Waals surface area contributed by atoms with Gasteiger partial charge in [0.25, 0.3) is 0 Å². The second-order valence-electron chi connectivity index (χ2n) is 5.82. The van der Waals surface area contributed by atoms with Crippen molar-refractivity contribution in [1.29, 1.82) is 0 Å². The maximum atomic E-state index is 11.0. The molecule has 1 heterocycles. The van der Waals surface area contributed by atoms with Crippen LogP contribution in [0.1, 0.15) is 10.4 Å². The molecule has 5 nitrogen and oxygen atoms in total. The van der Waals surface area contributed by atoms with Crippen LogP contribution >= 0.6 is 0 Å². The molecule has 126 valence electrons. The number of carboxylic acids is 1. The SMILES string of the molecule is O=C(O)c1ccc(Nc2nnc(-c3ccccc3)c3ccccc23)cc1. The summed E-state index contributed by atoms with van der Waals surface area (Å²) < 4.78 is 0. The molecule has 0 saturated carbocycles. The molecule has 0 spiro atoms. The lowest BCUT2D eigenvalue weighted by Crippen LogP contribution is -2.00. The van der Waals surface area contributed by atoms with E-state index in [0.717, 1.165) is 27.7 Å². The molecule has 0 radical (unpaired) electrons. The van der Waals surface area contributed by atoms with Crippen molar-refractivity contribution >= 4 is 28.2 Å². The average molecular weight is 341 g/mol. The van der Waals surface area contributed by atoms with Crippen molar-refractivity contribution in [1.82, 2.24) is 10.2 Å². The largest absolute Gasteiger partial charge is 0.478 e. The minimum absolute atomic E-state index is 0.242. The third kappa shape index (κ3) is 2.98. The first-order chi connectivity index (χ1) is 12.7. The van der Waals surface area contributed by atoms with E-state index in [9.17, 15) is 4.79 Å². The van der Waals surface area contributed by atoms with E-state index in [2.05, 4.69) is 15.5 Å². The summed E-state index contributed by atoms with van der Waals surface area (Å²) >= 11 is 0. The number of anilines is 2. The first-order valence-electron chi connectivity index (χ1n) is 8.13. The monoisotopic (exact) mass is 341 g/mol. The van der Waals surface area contributed by atoms with Crippen LogP contribution < -0.4 is 5.32 Å². The van der Waals surface area contributed by atoms with Crippen LogP contribution in [-0.2, 0) is 0 Å². The maximum absolute atomic E-state index is 11.0. The topological polar surface area (TPSA) is 75.1 Å². The molecule has 0 bridgehead atoms. The minimum atomic E-state index is -0.950. The summed E-state index contributed by atoms with van der Waals surface area (Å²) in [5.41, 5.74) is 2.83. The van der Waals surface area contributed by atoms with Crippen LogP contribution in [0.4, 0.5) is 11.5 Å². The molecule has 0 aliphatic rings. The summed E-state index contributed by atoms with van der Waals surface area (Å²) in [6.45, 7) is 0. The smallest absolute Gasteiger partial charge is 0.335 e. The van der Waals surface area contributed by atoms with E-state index in [-0.39, 0.29) is 5.56 Å². The van der Waals surface area contributed by atoms with Gasteiger partial charge in [0, 0.05) is 22.0 Å². The molecule has 26 heavy (non-hydrogen) atoms. The molecule has 0 atom stereocenters. The molecule has 0 saturated heterocycles. The van der Waals surface area contributed by atoms with Crippen LogP contribution in [0.5, 0.6) is 0 Å². The van der Waals surface area contributed by atoms with Gasteiger partial charge in [0.15, 0.2) is 5.82 Å². The summed E-state index contributed by atoms with van der Waals surface area (Å²) in [5.74, 6) is -0.322. The highest BCUT2D eigenvalue weighted by atomic mass is 16.4. The average Bonchev–Trinajstić information content (AvgIpc) is 2.69. The molecule has 0 aliphatic heterocycles. The number of aromatic carboxylic acids is 1. The number of fused-ring (bicyclic) bond motifs is 1. The number of benzene rings is 3. The first kappa shape index (κ1) is 15.8.